The third-order valence-electron chi connectivity index (χ3n) is 5.35. The number of pyridine rings is 2. The van der Waals surface area contributed by atoms with Gasteiger partial charge in [-0.25, -0.2) is 0 Å². The standard InChI is InChI=1S/C22H18N2/c1-13-9-15-6-8-24-21-16-11-14-5-4-7-23-19(14)12-17(16)22(2,3)18(10-13)20(15)21/h4-12H,1-3H3. The lowest BCUT2D eigenvalue weighted by Crippen LogP contribution is -2.24. The van der Waals surface area contributed by atoms with Crippen LogP contribution in [0.25, 0.3) is 32.9 Å². The predicted molar refractivity (Wildman–Crippen MR) is 99.3 cm³/mol. The van der Waals surface area contributed by atoms with E-state index in [1.54, 1.807) is 0 Å². The number of nitrogens with zero attached hydrogens (tertiary/aromatic N) is 2. The number of hydrogen-bond acceptors (Lipinski definition) is 2. The van der Waals surface area contributed by atoms with Crippen molar-refractivity contribution in [1.29, 1.82) is 0 Å². The highest BCUT2D eigenvalue weighted by atomic mass is 14.7. The van der Waals surface area contributed by atoms with E-state index in [9.17, 15) is 0 Å². The second-order valence-electron chi connectivity index (χ2n) is 7.29. The van der Waals surface area contributed by atoms with E-state index in [2.05, 4.69) is 62.2 Å². The van der Waals surface area contributed by atoms with E-state index in [0.717, 1.165) is 11.2 Å². The van der Waals surface area contributed by atoms with Crippen LogP contribution < -0.4 is 0 Å². The smallest absolute Gasteiger partial charge is 0.0786 e. The summed E-state index contributed by atoms with van der Waals surface area (Å²) in [6.45, 7) is 6.79. The Labute approximate surface area is 141 Å². The molecule has 0 unspecified atom stereocenters. The topological polar surface area (TPSA) is 25.8 Å². The van der Waals surface area contributed by atoms with Crippen LogP contribution in [-0.4, -0.2) is 9.97 Å². The summed E-state index contributed by atoms with van der Waals surface area (Å²) < 4.78 is 0. The zero-order valence-electron chi connectivity index (χ0n) is 14.1. The highest BCUT2D eigenvalue weighted by Crippen LogP contribution is 2.48. The van der Waals surface area contributed by atoms with Crippen molar-refractivity contribution in [2.45, 2.75) is 26.2 Å². The lowest BCUT2D eigenvalue weighted by Gasteiger charge is -2.35. The molecule has 24 heavy (non-hydrogen) atoms. The number of hydrogen-bond donors (Lipinski definition) is 0. The van der Waals surface area contributed by atoms with Gasteiger partial charge < -0.3 is 0 Å². The SMILES string of the molecule is Cc1cc2c3c(nccc3c1)-c1cc3cccnc3cc1C2(C)C. The number of aromatic nitrogens is 2. The van der Waals surface area contributed by atoms with Crippen molar-refractivity contribution in [2.24, 2.45) is 0 Å². The molecule has 0 atom stereocenters. The Hall–Kier alpha value is -2.74. The van der Waals surface area contributed by atoms with Gasteiger partial charge in [-0.2, -0.15) is 0 Å². The lowest BCUT2D eigenvalue weighted by atomic mass is 9.69. The Kier molecular flexibility index (Phi) is 2.52. The van der Waals surface area contributed by atoms with Crippen molar-refractivity contribution in [3.05, 3.63) is 71.5 Å². The van der Waals surface area contributed by atoms with Gasteiger partial charge >= 0.3 is 0 Å². The Bertz CT molecular complexity index is 1140. The van der Waals surface area contributed by atoms with E-state index in [4.69, 9.17) is 4.98 Å². The molecule has 0 bridgehead atoms. The number of benzene rings is 2. The summed E-state index contributed by atoms with van der Waals surface area (Å²) in [4.78, 5) is 9.32. The summed E-state index contributed by atoms with van der Waals surface area (Å²) in [5.41, 5.74) is 7.29. The molecule has 116 valence electrons. The second kappa shape index (κ2) is 4.41. The molecule has 2 nitrogen and oxygen atoms in total. The van der Waals surface area contributed by atoms with Crippen molar-refractivity contribution in [3.63, 3.8) is 0 Å². The molecular formula is C22H18N2. The molecule has 0 saturated carbocycles. The zero-order chi connectivity index (χ0) is 16.5. The first-order valence-electron chi connectivity index (χ1n) is 8.35. The summed E-state index contributed by atoms with van der Waals surface area (Å²) in [6.07, 6.45) is 3.79. The van der Waals surface area contributed by atoms with Crippen molar-refractivity contribution < 1.29 is 0 Å². The average Bonchev–Trinajstić information content (AvgIpc) is 2.58. The fraction of sp³-hybridized carbons (Fsp3) is 0.182. The van der Waals surface area contributed by atoms with Gasteiger partial charge in [-0.05, 0) is 47.7 Å². The van der Waals surface area contributed by atoms with Crippen LogP contribution in [0.2, 0.25) is 0 Å². The van der Waals surface area contributed by atoms with Gasteiger partial charge in [0.05, 0.1) is 11.2 Å². The van der Waals surface area contributed by atoms with Gasteiger partial charge in [0.1, 0.15) is 0 Å². The number of rotatable bonds is 0. The average molecular weight is 310 g/mol. The molecular weight excluding hydrogens is 292 g/mol. The largest absolute Gasteiger partial charge is 0.256 e. The van der Waals surface area contributed by atoms with Crippen LogP contribution in [0.4, 0.5) is 0 Å². The molecule has 1 aliphatic rings. The van der Waals surface area contributed by atoms with Crippen LogP contribution in [0.3, 0.4) is 0 Å². The molecule has 0 amide bonds. The molecule has 2 heterocycles. The molecule has 0 aliphatic heterocycles. The summed E-state index contributed by atoms with van der Waals surface area (Å²) in [5, 5.41) is 3.74. The minimum Gasteiger partial charge on any atom is -0.256 e. The van der Waals surface area contributed by atoms with Gasteiger partial charge in [0, 0.05) is 34.1 Å². The molecule has 1 aliphatic carbocycles. The van der Waals surface area contributed by atoms with E-state index in [1.165, 1.54) is 38.4 Å². The minimum absolute atomic E-state index is 0.0681. The van der Waals surface area contributed by atoms with Crippen molar-refractivity contribution in [3.8, 4) is 11.3 Å². The quantitative estimate of drug-likeness (QED) is 0.435. The molecule has 2 aromatic carbocycles. The zero-order valence-corrected chi connectivity index (χ0v) is 14.1. The van der Waals surface area contributed by atoms with E-state index < -0.39 is 0 Å². The maximum Gasteiger partial charge on any atom is 0.0786 e. The molecule has 4 aromatic rings. The van der Waals surface area contributed by atoms with Crippen LogP contribution in [0.1, 0.15) is 30.5 Å². The van der Waals surface area contributed by atoms with Crippen LogP contribution in [0, 0.1) is 6.92 Å². The van der Waals surface area contributed by atoms with Crippen LogP contribution in [-0.2, 0) is 5.41 Å². The van der Waals surface area contributed by atoms with E-state index in [1.807, 2.05) is 18.5 Å². The Balaban J connectivity index is 2.02. The fourth-order valence-corrected chi connectivity index (χ4v) is 4.14. The number of fused-ring (bicyclic) bond motifs is 3. The minimum atomic E-state index is -0.0681. The Morgan fingerprint density at radius 3 is 2.58 bits per heavy atom. The first-order valence-corrected chi connectivity index (χ1v) is 8.35. The van der Waals surface area contributed by atoms with E-state index in [-0.39, 0.29) is 5.41 Å². The molecule has 0 saturated heterocycles. The fourth-order valence-electron chi connectivity index (χ4n) is 4.14. The van der Waals surface area contributed by atoms with Gasteiger partial charge in [-0.1, -0.05) is 37.6 Å². The summed E-state index contributed by atoms with van der Waals surface area (Å²) in [6, 6.07) is 15.3. The maximum absolute atomic E-state index is 4.76. The third-order valence-corrected chi connectivity index (χ3v) is 5.35. The molecule has 2 aromatic heterocycles. The molecule has 2 heteroatoms. The van der Waals surface area contributed by atoms with Crippen molar-refractivity contribution >= 4 is 21.7 Å². The van der Waals surface area contributed by atoms with E-state index >= 15 is 0 Å². The first kappa shape index (κ1) is 13.7. The Morgan fingerprint density at radius 2 is 1.71 bits per heavy atom. The van der Waals surface area contributed by atoms with Crippen LogP contribution in [0.15, 0.2) is 54.9 Å². The van der Waals surface area contributed by atoms with E-state index in [0.29, 0.717) is 0 Å². The number of aryl methyl sites for hydroxylation is 1. The Morgan fingerprint density at radius 1 is 0.833 bits per heavy atom. The van der Waals surface area contributed by atoms with Gasteiger partial charge in [0.25, 0.3) is 0 Å². The van der Waals surface area contributed by atoms with Crippen LogP contribution in [0.5, 0.6) is 0 Å². The normalized spacial score (nSPS) is 14.8. The van der Waals surface area contributed by atoms with Gasteiger partial charge in [-0.15, -0.1) is 0 Å². The molecule has 0 spiro atoms. The lowest BCUT2D eigenvalue weighted by molar-refractivity contribution is 0.644. The maximum atomic E-state index is 4.76. The molecule has 0 radical (unpaired) electrons. The summed E-state index contributed by atoms with van der Waals surface area (Å²) >= 11 is 0. The van der Waals surface area contributed by atoms with Crippen LogP contribution >= 0.6 is 0 Å². The summed E-state index contributed by atoms with van der Waals surface area (Å²) in [5.74, 6) is 0. The highest BCUT2D eigenvalue weighted by Gasteiger charge is 2.34. The third kappa shape index (κ3) is 1.66. The predicted octanol–water partition coefficient (Wildman–Crippen LogP) is 5.40. The van der Waals surface area contributed by atoms with Gasteiger partial charge in [0.15, 0.2) is 0 Å². The monoisotopic (exact) mass is 310 g/mol. The molecule has 5 rings (SSSR count). The second-order valence-corrected chi connectivity index (χ2v) is 7.29. The summed E-state index contributed by atoms with van der Waals surface area (Å²) in [7, 11) is 0. The molecule has 0 fully saturated rings. The van der Waals surface area contributed by atoms with Crippen molar-refractivity contribution in [1.82, 2.24) is 9.97 Å². The van der Waals surface area contributed by atoms with Crippen molar-refractivity contribution in [2.75, 3.05) is 0 Å². The van der Waals surface area contributed by atoms with Gasteiger partial charge in [-0.3, -0.25) is 9.97 Å². The highest BCUT2D eigenvalue weighted by molar-refractivity contribution is 6.03. The van der Waals surface area contributed by atoms with Gasteiger partial charge in [0.2, 0.25) is 0 Å². The first-order chi connectivity index (χ1) is 11.6. The molecule has 0 N–H and O–H groups in total.